The van der Waals surface area contributed by atoms with Crippen molar-refractivity contribution in [2.24, 2.45) is 0 Å². The number of aromatic nitrogens is 1. The molecule has 1 atom stereocenters. The summed E-state index contributed by atoms with van der Waals surface area (Å²) in [5.74, 6) is -0.743. The third-order valence-corrected chi connectivity index (χ3v) is 3.09. The van der Waals surface area contributed by atoms with Crippen molar-refractivity contribution in [3.05, 3.63) is 29.6 Å². The van der Waals surface area contributed by atoms with Crippen LogP contribution in [0.5, 0.6) is 0 Å². The van der Waals surface area contributed by atoms with E-state index in [2.05, 4.69) is 4.98 Å². The summed E-state index contributed by atoms with van der Waals surface area (Å²) in [5.41, 5.74) is -1.60. The predicted molar refractivity (Wildman–Crippen MR) is 66.8 cm³/mol. The zero-order valence-electron chi connectivity index (χ0n) is 11.4. The number of carbonyl (C=O) groups is 1. The first kappa shape index (κ1) is 15.7. The Morgan fingerprint density at radius 3 is 3.00 bits per heavy atom. The van der Waals surface area contributed by atoms with E-state index in [4.69, 9.17) is 9.47 Å². The van der Waals surface area contributed by atoms with Crippen LogP contribution in [-0.2, 0) is 15.7 Å². The molecule has 0 spiro atoms. The molecule has 0 aromatic carbocycles. The lowest BCUT2D eigenvalue weighted by molar-refractivity contribution is -0.138. The Kier molecular flexibility index (Phi) is 4.79. The highest BCUT2D eigenvalue weighted by molar-refractivity contribution is 5.94. The molecule has 1 aliphatic rings. The zero-order chi connectivity index (χ0) is 15.5. The van der Waals surface area contributed by atoms with E-state index in [0.29, 0.717) is 0 Å². The summed E-state index contributed by atoms with van der Waals surface area (Å²) in [4.78, 5) is 17.2. The van der Waals surface area contributed by atoms with Crippen molar-refractivity contribution >= 4 is 5.91 Å². The van der Waals surface area contributed by atoms with Gasteiger partial charge in [0, 0.05) is 26.4 Å². The minimum atomic E-state index is -4.61. The molecule has 1 unspecified atom stereocenters. The molecule has 0 aliphatic carbocycles. The summed E-state index contributed by atoms with van der Waals surface area (Å²) < 4.78 is 49.1. The van der Waals surface area contributed by atoms with Gasteiger partial charge in [-0.05, 0) is 12.1 Å². The molecule has 116 valence electrons. The second kappa shape index (κ2) is 6.40. The predicted octanol–water partition coefficient (Wildman–Crippen LogP) is 1.59. The largest absolute Gasteiger partial charge is 0.418 e. The van der Waals surface area contributed by atoms with Gasteiger partial charge in [0.1, 0.15) is 5.69 Å². The van der Waals surface area contributed by atoms with Crippen molar-refractivity contribution in [2.45, 2.75) is 12.3 Å². The minimum absolute atomic E-state index is 0.181. The maximum atomic E-state index is 12.9. The van der Waals surface area contributed by atoms with Gasteiger partial charge >= 0.3 is 6.18 Å². The van der Waals surface area contributed by atoms with Gasteiger partial charge in [0.05, 0.1) is 24.9 Å². The highest BCUT2D eigenvalue weighted by atomic mass is 19.4. The Morgan fingerprint density at radius 2 is 2.33 bits per heavy atom. The minimum Gasteiger partial charge on any atom is -0.382 e. The maximum Gasteiger partial charge on any atom is 0.418 e. The van der Waals surface area contributed by atoms with E-state index < -0.39 is 23.3 Å². The summed E-state index contributed by atoms with van der Waals surface area (Å²) in [6.45, 7) is 0.944. The molecule has 1 fully saturated rings. The molecular weight excluding hydrogens is 289 g/mol. The van der Waals surface area contributed by atoms with E-state index >= 15 is 0 Å². The highest BCUT2D eigenvalue weighted by Crippen LogP contribution is 2.31. The van der Waals surface area contributed by atoms with Gasteiger partial charge in [0.2, 0.25) is 0 Å². The van der Waals surface area contributed by atoms with Crippen molar-refractivity contribution in [1.82, 2.24) is 9.88 Å². The van der Waals surface area contributed by atoms with Crippen LogP contribution in [0.25, 0.3) is 0 Å². The fourth-order valence-corrected chi connectivity index (χ4v) is 2.14. The number of hydrogen-bond donors (Lipinski definition) is 0. The number of rotatable bonds is 3. The number of methoxy groups -OCH3 is 1. The van der Waals surface area contributed by atoms with E-state index in [9.17, 15) is 18.0 Å². The van der Waals surface area contributed by atoms with Crippen LogP contribution in [0.1, 0.15) is 16.1 Å². The molecule has 0 bridgehead atoms. The van der Waals surface area contributed by atoms with Crippen LogP contribution < -0.4 is 0 Å². The molecule has 0 radical (unpaired) electrons. The number of amides is 1. The number of carbonyl (C=O) groups excluding carboxylic acids is 1. The molecule has 2 rings (SSSR count). The Morgan fingerprint density at radius 1 is 1.57 bits per heavy atom. The molecule has 1 aromatic heterocycles. The molecule has 0 saturated carbocycles. The van der Waals surface area contributed by atoms with E-state index in [1.54, 1.807) is 0 Å². The van der Waals surface area contributed by atoms with E-state index in [-0.39, 0.29) is 32.4 Å². The smallest absolute Gasteiger partial charge is 0.382 e. The molecular formula is C13H15F3N2O3. The number of pyridine rings is 1. The summed E-state index contributed by atoms with van der Waals surface area (Å²) >= 11 is 0. The standard InChI is InChI=1S/C13H15F3N2O3/c1-20-8-9-7-18(5-6-21-9)12(19)11-10(13(14,15)16)3-2-4-17-11/h2-4,9H,5-8H2,1H3. The first-order valence-electron chi connectivity index (χ1n) is 6.35. The quantitative estimate of drug-likeness (QED) is 0.851. The van der Waals surface area contributed by atoms with Crippen LogP contribution in [0.4, 0.5) is 13.2 Å². The average Bonchev–Trinajstić information content (AvgIpc) is 2.46. The Bertz CT molecular complexity index is 506. The van der Waals surface area contributed by atoms with Gasteiger partial charge in [-0.3, -0.25) is 9.78 Å². The fourth-order valence-electron chi connectivity index (χ4n) is 2.14. The third-order valence-electron chi connectivity index (χ3n) is 3.09. The lowest BCUT2D eigenvalue weighted by Gasteiger charge is -2.32. The van der Waals surface area contributed by atoms with Crippen molar-refractivity contribution < 1.29 is 27.4 Å². The molecule has 1 amide bonds. The van der Waals surface area contributed by atoms with Crippen molar-refractivity contribution in [2.75, 3.05) is 33.4 Å². The van der Waals surface area contributed by atoms with E-state index in [1.807, 2.05) is 0 Å². The van der Waals surface area contributed by atoms with Gasteiger partial charge < -0.3 is 14.4 Å². The second-order valence-electron chi connectivity index (χ2n) is 4.60. The van der Waals surface area contributed by atoms with Gasteiger partial charge in [0.15, 0.2) is 0 Å². The number of morpholine rings is 1. The topological polar surface area (TPSA) is 51.7 Å². The molecule has 8 heteroatoms. The SMILES string of the molecule is COCC1CN(C(=O)c2ncccc2C(F)(F)F)CCO1. The van der Waals surface area contributed by atoms with E-state index in [0.717, 1.165) is 12.1 Å². The zero-order valence-corrected chi connectivity index (χ0v) is 11.4. The van der Waals surface area contributed by atoms with Crippen LogP contribution in [0.3, 0.4) is 0 Å². The van der Waals surface area contributed by atoms with Crippen LogP contribution in [-0.4, -0.2) is 55.3 Å². The molecule has 21 heavy (non-hydrogen) atoms. The summed E-state index contributed by atoms with van der Waals surface area (Å²) in [6, 6.07) is 2.01. The maximum absolute atomic E-state index is 12.9. The summed E-state index contributed by atoms with van der Waals surface area (Å²) in [5, 5.41) is 0. The lowest BCUT2D eigenvalue weighted by atomic mass is 10.1. The Hall–Kier alpha value is -1.67. The average molecular weight is 304 g/mol. The number of halogens is 3. The van der Waals surface area contributed by atoms with Crippen LogP contribution in [0.15, 0.2) is 18.3 Å². The van der Waals surface area contributed by atoms with Gasteiger partial charge in [0.25, 0.3) is 5.91 Å². The Labute approximate surface area is 119 Å². The number of hydrogen-bond acceptors (Lipinski definition) is 4. The number of nitrogens with zero attached hydrogens (tertiary/aromatic N) is 2. The molecule has 2 heterocycles. The molecule has 1 aliphatic heterocycles. The first-order chi connectivity index (χ1) is 9.93. The van der Waals surface area contributed by atoms with Crippen molar-refractivity contribution in [3.8, 4) is 0 Å². The van der Waals surface area contributed by atoms with Crippen molar-refractivity contribution in [1.29, 1.82) is 0 Å². The highest BCUT2D eigenvalue weighted by Gasteiger charge is 2.37. The summed E-state index contributed by atoms with van der Waals surface area (Å²) in [6.07, 6.45) is -3.78. The number of alkyl halides is 3. The van der Waals surface area contributed by atoms with Gasteiger partial charge in [-0.25, -0.2) is 0 Å². The lowest BCUT2D eigenvalue weighted by Crippen LogP contribution is -2.47. The molecule has 1 aromatic rings. The van der Waals surface area contributed by atoms with E-state index in [1.165, 1.54) is 18.2 Å². The van der Waals surface area contributed by atoms with Crippen LogP contribution in [0.2, 0.25) is 0 Å². The normalized spacial score (nSPS) is 19.6. The van der Waals surface area contributed by atoms with Gasteiger partial charge in [-0.15, -0.1) is 0 Å². The first-order valence-corrected chi connectivity index (χ1v) is 6.35. The number of ether oxygens (including phenoxy) is 2. The molecule has 0 N–H and O–H groups in total. The third kappa shape index (κ3) is 3.70. The molecule has 5 nitrogen and oxygen atoms in total. The summed E-state index contributed by atoms with van der Waals surface area (Å²) in [7, 11) is 1.49. The second-order valence-corrected chi connectivity index (χ2v) is 4.60. The van der Waals surface area contributed by atoms with Crippen LogP contribution >= 0.6 is 0 Å². The monoisotopic (exact) mass is 304 g/mol. The Balaban J connectivity index is 2.20. The van der Waals surface area contributed by atoms with Crippen LogP contribution in [0, 0.1) is 0 Å². The fraction of sp³-hybridized carbons (Fsp3) is 0.538. The molecule has 1 saturated heterocycles. The van der Waals surface area contributed by atoms with Crippen molar-refractivity contribution in [3.63, 3.8) is 0 Å². The van der Waals surface area contributed by atoms with Gasteiger partial charge in [-0.2, -0.15) is 13.2 Å². The van der Waals surface area contributed by atoms with Gasteiger partial charge in [-0.1, -0.05) is 0 Å².